The molecule has 2 N–H and O–H groups in total. The van der Waals surface area contributed by atoms with E-state index < -0.39 is 5.91 Å². The number of anilines is 1. The Bertz CT molecular complexity index is 905. The monoisotopic (exact) mass is 433 g/mol. The molecule has 0 aromatic heterocycles. The molecule has 3 rings (SSSR count). The summed E-state index contributed by atoms with van der Waals surface area (Å²) < 4.78 is 0. The largest absolute Gasteiger partial charge is 0.343 e. The van der Waals surface area contributed by atoms with Gasteiger partial charge < -0.3 is 15.5 Å². The van der Waals surface area contributed by atoms with Crippen LogP contribution in [-0.4, -0.2) is 42.3 Å². The minimum Gasteiger partial charge on any atom is -0.343 e. The van der Waals surface area contributed by atoms with Crippen LogP contribution in [0.3, 0.4) is 0 Å². The number of rotatable bonds is 5. The topological polar surface area (TPSA) is 78.5 Å². The number of para-hydroxylation sites is 1. The van der Waals surface area contributed by atoms with E-state index in [4.69, 9.17) is 23.2 Å². The highest BCUT2D eigenvalue weighted by Gasteiger charge is 2.28. The fourth-order valence-corrected chi connectivity index (χ4v) is 3.71. The van der Waals surface area contributed by atoms with Gasteiger partial charge in [-0.05, 0) is 43.2 Å². The van der Waals surface area contributed by atoms with Crippen molar-refractivity contribution in [2.24, 2.45) is 5.92 Å². The fraction of sp³-hybridized carbons (Fsp3) is 0.286. The average molecular weight is 434 g/mol. The van der Waals surface area contributed by atoms with Gasteiger partial charge in [0.15, 0.2) is 0 Å². The third kappa shape index (κ3) is 5.71. The Kier molecular flexibility index (Phi) is 7.12. The van der Waals surface area contributed by atoms with E-state index in [2.05, 4.69) is 10.6 Å². The first kappa shape index (κ1) is 21.1. The summed E-state index contributed by atoms with van der Waals surface area (Å²) in [5.74, 6) is -1.07. The number of likely N-dealkylation sites (tertiary alicyclic amines) is 1. The summed E-state index contributed by atoms with van der Waals surface area (Å²) in [6.07, 6.45) is 1.45. The first-order valence-corrected chi connectivity index (χ1v) is 10.1. The van der Waals surface area contributed by atoms with Gasteiger partial charge in [0.1, 0.15) is 0 Å². The summed E-state index contributed by atoms with van der Waals surface area (Å²) in [5.41, 5.74) is 0.982. The van der Waals surface area contributed by atoms with E-state index in [9.17, 15) is 14.4 Å². The van der Waals surface area contributed by atoms with Crippen molar-refractivity contribution >= 4 is 46.6 Å². The van der Waals surface area contributed by atoms with Gasteiger partial charge in [0, 0.05) is 23.8 Å². The van der Waals surface area contributed by atoms with Crippen molar-refractivity contribution < 1.29 is 14.4 Å². The molecule has 6 nitrogen and oxygen atoms in total. The first-order valence-electron chi connectivity index (χ1n) is 9.31. The van der Waals surface area contributed by atoms with Gasteiger partial charge in [0.2, 0.25) is 11.8 Å². The summed E-state index contributed by atoms with van der Waals surface area (Å²) in [6, 6.07) is 13.8. The smallest absolute Gasteiger partial charge is 0.253 e. The van der Waals surface area contributed by atoms with E-state index in [1.165, 1.54) is 12.1 Å². The molecule has 2 aromatic carbocycles. The lowest BCUT2D eigenvalue weighted by molar-refractivity contribution is -0.133. The normalized spacial score (nSPS) is 16.2. The minimum absolute atomic E-state index is 0.106. The number of piperidine rings is 1. The van der Waals surface area contributed by atoms with E-state index in [1.54, 1.807) is 11.0 Å². The Morgan fingerprint density at radius 3 is 2.55 bits per heavy atom. The lowest BCUT2D eigenvalue weighted by atomic mass is 9.97. The molecule has 1 saturated heterocycles. The van der Waals surface area contributed by atoms with Crippen molar-refractivity contribution in [1.82, 2.24) is 10.2 Å². The molecule has 1 fully saturated rings. The van der Waals surface area contributed by atoms with Crippen molar-refractivity contribution in [3.8, 4) is 0 Å². The second-order valence-corrected chi connectivity index (χ2v) is 7.68. The highest BCUT2D eigenvalue weighted by molar-refractivity contribution is 6.36. The number of hydrogen-bond acceptors (Lipinski definition) is 3. The Balaban J connectivity index is 1.52. The molecule has 1 unspecified atom stereocenters. The van der Waals surface area contributed by atoms with Crippen LogP contribution in [0.15, 0.2) is 48.5 Å². The third-order valence-corrected chi connectivity index (χ3v) is 5.31. The van der Waals surface area contributed by atoms with E-state index in [0.717, 1.165) is 18.5 Å². The maximum atomic E-state index is 12.5. The molecule has 152 valence electrons. The maximum Gasteiger partial charge on any atom is 0.253 e. The van der Waals surface area contributed by atoms with Crippen molar-refractivity contribution in [3.05, 3.63) is 64.1 Å². The second-order valence-electron chi connectivity index (χ2n) is 6.84. The van der Waals surface area contributed by atoms with Crippen molar-refractivity contribution in [2.45, 2.75) is 12.8 Å². The van der Waals surface area contributed by atoms with Gasteiger partial charge in [-0.1, -0.05) is 41.4 Å². The summed E-state index contributed by atoms with van der Waals surface area (Å²) >= 11 is 11.9. The van der Waals surface area contributed by atoms with Crippen molar-refractivity contribution in [1.29, 1.82) is 0 Å². The number of nitrogens with zero attached hydrogens (tertiary/aromatic N) is 1. The highest BCUT2D eigenvalue weighted by Crippen LogP contribution is 2.21. The van der Waals surface area contributed by atoms with Crippen LogP contribution >= 0.6 is 23.2 Å². The number of carbonyl (C=O) groups excluding carboxylic acids is 3. The Morgan fingerprint density at radius 1 is 1.07 bits per heavy atom. The van der Waals surface area contributed by atoms with Gasteiger partial charge in [-0.3, -0.25) is 14.4 Å². The van der Waals surface area contributed by atoms with Crippen LogP contribution in [0.1, 0.15) is 23.2 Å². The van der Waals surface area contributed by atoms with Crippen LogP contribution in [0.2, 0.25) is 10.0 Å². The van der Waals surface area contributed by atoms with Crippen LogP contribution in [0.5, 0.6) is 0 Å². The molecule has 0 aliphatic carbocycles. The van der Waals surface area contributed by atoms with Gasteiger partial charge in [-0.15, -0.1) is 0 Å². The third-order valence-electron chi connectivity index (χ3n) is 4.76. The summed E-state index contributed by atoms with van der Waals surface area (Å²) in [5, 5.41) is 6.11. The highest BCUT2D eigenvalue weighted by atomic mass is 35.5. The van der Waals surface area contributed by atoms with Gasteiger partial charge >= 0.3 is 0 Å². The maximum absolute atomic E-state index is 12.5. The molecular formula is C21H21Cl2N3O3. The lowest BCUT2D eigenvalue weighted by Crippen LogP contribution is -2.47. The van der Waals surface area contributed by atoms with E-state index in [1.807, 2.05) is 30.3 Å². The van der Waals surface area contributed by atoms with Crippen molar-refractivity contribution in [3.63, 3.8) is 0 Å². The fourth-order valence-electron chi connectivity index (χ4n) is 3.22. The van der Waals surface area contributed by atoms with E-state index in [-0.39, 0.29) is 34.9 Å². The Labute approximate surface area is 179 Å². The van der Waals surface area contributed by atoms with Gasteiger partial charge in [0.25, 0.3) is 5.91 Å². The summed E-state index contributed by atoms with van der Waals surface area (Å²) in [6.45, 7) is 0.728. The molecule has 3 amide bonds. The molecule has 0 saturated carbocycles. The van der Waals surface area contributed by atoms with E-state index in [0.29, 0.717) is 18.1 Å². The molecule has 2 aromatic rings. The number of nitrogens with one attached hydrogen (secondary N) is 2. The molecular weight excluding hydrogens is 413 g/mol. The quantitative estimate of drug-likeness (QED) is 0.755. The molecule has 1 aliphatic heterocycles. The van der Waals surface area contributed by atoms with E-state index >= 15 is 0 Å². The lowest BCUT2D eigenvalue weighted by Gasteiger charge is -2.32. The molecule has 1 heterocycles. The number of halogens is 2. The summed E-state index contributed by atoms with van der Waals surface area (Å²) in [7, 11) is 0. The zero-order valence-corrected chi connectivity index (χ0v) is 17.2. The molecule has 0 bridgehead atoms. The van der Waals surface area contributed by atoms with Crippen LogP contribution in [0, 0.1) is 5.92 Å². The Hall–Kier alpha value is -2.57. The van der Waals surface area contributed by atoms with Crippen LogP contribution in [0.4, 0.5) is 5.69 Å². The number of benzene rings is 2. The molecule has 1 atom stereocenters. The predicted octanol–water partition coefficient (Wildman–Crippen LogP) is 3.60. The first-order chi connectivity index (χ1) is 13.9. The van der Waals surface area contributed by atoms with Gasteiger partial charge in [-0.25, -0.2) is 0 Å². The predicted molar refractivity (Wildman–Crippen MR) is 113 cm³/mol. The van der Waals surface area contributed by atoms with Crippen LogP contribution < -0.4 is 10.6 Å². The molecule has 1 aliphatic rings. The Morgan fingerprint density at radius 2 is 1.83 bits per heavy atom. The number of amides is 3. The molecule has 0 radical (unpaired) electrons. The second kappa shape index (κ2) is 9.76. The standard InChI is InChI=1S/C21H21Cl2N3O3/c22-15-8-9-17(18(23)11-15)21(29)24-12-19(27)26-10-4-5-14(13-26)20(28)25-16-6-2-1-3-7-16/h1-3,6-9,11,14H,4-5,10,12-13H2,(H,24,29)(H,25,28). The number of carbonyl (C=O) groups is 3. The summed E-state index contributed by atoms with van der Waals surface area (Å²) in [4.78, 5) is 38.9. The van der Waals surface area contributed by atoms with Crippen LogP contribution in [-0.2, 0) is 9.59 Å². The minimum atomic E-state index is -0.449. The molecule has 8 heteroatoms. The van der Waals surface area contributed by atoms with Gasteiger partial charge in [-0.2, -0.15) is 0 Å². The number of hydrogen-bond donors (Lipinski definition) is 2. The molecule has 29 heavy (non-hydrogen) atoms. The average Bonchev–Trinajstić information content (AvgIpc) is 2.72. The van der Waals surface area contributed by atoms with Crippen LogP contribution in [0.25, 0.3) is 0 Å². The molecule has 0 spiro atoms. The zero-order chi connectivity index (χ0) is 20.8. The van der Waals surface area contributed by atoms with Crippen molar-refractivity contribution in [2.75, 3.05) is 25.0 Å². The zero-order valence-electron chi connectivity index (χ0n) is 15.7. The SMILES string of the molecule is O=C(NCC(=O)N1CCCC(C(=O)Nc2ccccc2)C1)c1ccc(Cl)cc1Cl. The van der Waals surface area contributed by atoms with Gasteiger partial charge in [0.05, 0.1) is 23.0 Å².